The van der Waals surface area contributed by atoms with Gasteiger partial charge in [-0.15, -0.1) is 0 Å². The fourth-order valence-electron chi connectivity index (χ4n) is 2.04. The number of halogens is 1. The van der Waals surface area contributed by atoms with E-state index in [0.717, 1.165) is 5.56 Å². The highest BCUT2D eigenvalue weighted by Crippen LogP contribution is 2.25. The lowest BCUT2D eigenvalue weighted by Gasteiger charge is -2.26. The maximum absolute atomic E-state index is 11.9. The molecule has 1 aromatic carbocycles. The van der Waals surface area contributed by atoms with E-state index in [1.165, 1.54) is 17.3 Å². The zero-order chi connectivity index (χ0) is 15.2. The standard InChI is InChI=1S/C14H18ClN5O/c1-19(2)13(11-5-3-4-6-12(11)15)7-17-14(21)8-20-10-16-9-18-20/h3-6,9-10,13H,7-8H2,1-2H3,(H,17,21). The molecular formula is C14H18ClN5O. The maximum atomic E-state index is 11.9. The van der Waals surface area contributed by atoms with E-state index in [9.17, 15) is 4.79 Å². The number of rotatable bonds is 6. The van der Waals surface area contributed by atoms with Crippen LogP contribution >= 0.6 is 11.6 Å². The Balaban J connectivity index is 1.98. The molecule has 112 valence electrons. The lowest BCUT2D eigenvalue weighted by molar-refractivity contribution is -0.122. The Kier molecular flexibility index (Phi) is 5.30. The van der Waals surface area contributed by atoms with Crippen LogP contribution in [0.4, 0.5) is 0 Å². The summed E-state index contributed by atoms with van der Waals surface area (Å²) in [6.07, 6.45) is 2.91. The van der Waals surface area contributed by atoms with Gasteiger partial charge in [-0.05, 0) is 25.7 Å². The van der Waals surface area contributed by atoms with Gasteiger partial charge in [0.15, 0.2) is 0 Å². The molecule has 1 amide bonds. The zero-order valence-corrected chi connectivity index (χ0v) is 12.8. The van der Waals surface area contributed by atoms with Gasteiger partial charge in [0.2, 0.25) is 5.91 Å². The second-order valence-electron chi connectivity index (χ2n) is 4.90. The fraction of sp³-hybridized carbons (Fsp3) is 0.357. The third kappa shape index (κ3) is 4.27. The molecule has 0 spiro atoms. The maximum Gasteiger partial charge on any atom is 0.241 e. The largest absolute Gasteiger partial charge is 0.353 e. The number of hydrogen-bond donors (Lipinski definition) is 1. The molecule has 0 aliphatic carbocycles. The van der Waals surface area contributed by atoms with Gasteiger partial charge in [-0.1, -0.05) is 29.8 Å². The van der Waals surface area contributed by atoms with Crippen LogP contribution in [0.2, 0.25) is 5.02 Å². The number of nitrogens with zero attached hydrogens (tertiary/aromatic N) is 4. The first-order chi connectivity index (χ1) is 10.1. The molecule has 0 saturated carbocycles. The van der Waals surface area contributed by atoms with Gasteiger partial charge in [0, 0.05) is 11.6 Å². The van der Waals surface area contributed by atoms with Crippen LogP contribution in [0.5, 0.6) is 0 Å². The minimum atomic E-state index is -0.112. The minimum absolute atomic E-state index is 0.0124. The van der Waals surface area contributed by atoms with E-state index in [4.69, 9.17) is 11.6 Å². The molecular weight excluding hydrogens is 290 g/mol. The van der Waals surface area contributed by atoms with Crippen molar-refractivity contribution in [1.82, 2.24) is 25.0 Å². The summed E-state index contributed by atoms with van der Waals surface area (Å²) in [5, 5.41) is 7.50. The molecule has 6 nitrogen and oxygen atoms in total. The van der Waals surface area contributed by atoms with E-state index in [2.05, 4.69) is 15.4 Å². The average molecular weight is 308 g/mol. The Labute approximate surface area is 128 Å². The molecule has 0 saturated heterocycles. The van der Waals surface area contributed by atoms with Crippen molar-refractivity contribution >= 4 is 17.5 Å². The zero-order valence-electron chi connectivity index (χ0n) is 12.0. The summed E-state index contributed by atoms with van der Waals surface area (Å²) in [4.78, 5) is 17.7. The first kappa shape index (κ1) is 15.5. The van der Waals surface area contributed by atoms with Crippen molar-refractivity contribution in [1.29, 1.82) is 0 Å². The second-order valence-corrected chi connectivity index (χ2v) is 5.31. The molecule has 1 heterocycles. The van der Waals surface area contributed by atoms with Gasteiger partial charge in [-0.25, -0.2) is 9.67 Å². The van der Waals surface area contributed by atoms with Crippen molar-refractivity contribution < 1.29 is 4.79 Å². The third-order valence-electron chi connectivity index (χ3n) is 3.15. The Morgan fingerprint density at radius 2 is 2.19 bits per heavy atom. The number of likely N-dealkylation sites (N-methyl/N-ethyl adjacent to an activating group) is 1. The molecule has 1 atom stereocenters. The van der Waals surface area contributed by atoms with Gasteiger partial charge in [-0.2, -0.15) is 5.10 Å². The molecule has 21 heavy (non-hydrogen) atoms. The van der Waals surface area contributed by atoms with Crippen LogP contribution in [0.3, 0.4) is 0 Å². The molecule has 2 aromatic rings. The minimum Gasteiger partial charge on any atom is -0.353 e. The highest BCUT2D eigenvalue weighted by Gasteiger charge is 2.17. The second kappa shape index (κ2) is 7.19. The van der Waals surface area contributed by atoms with E-state index in [-0.39, 0.29) is 18.5 Å². The van der Waals surface area contributed by atoms with Gasteiger partial charge >= 0.3 is 0 Å². The van der Waals surface area contributed by atoms with Crippen LogP contribution < -0.4 is 5.32 Å². The van der Waals surface area contributed by atoms with Crippen molar-refractivity contribution in [2.45, 2.75) is 12.6 Å². The molecule has 1 aromatic heterocycles. The molecule has 0 aliphatic rings. The Morgan fingerprint density at radius 1 is 1.43 bits per heavy atom. The molecule has 0 aliphatic heterocycles. The Morgan fingerprint density at radius 3 is 2.81 bits per heavy atom. The predicted molar refractivity (Wildman–Crippen MR) is 80.9 cm³/mol. The molecule has 0 radical (unpaired) electrons. The van der Waals surface area contributed by atoms with Gasteiger partial charge < -0.3 is 10.2 Å². The van der Waals surface area contributed by atoms with Crippen molar-refractivity contribution in [3.05, 3.63) is 47.5 Å². The van der Waals surface area contributed by atoms with Crippen molar-refractivity contribution in [2.75, 3.05) is 20.6 Å². The number of carbonyl (C=O) groups is 1. The summed E-state index contributed by atoms with van der Waals surface area (Å²) in [7, 11) is 3.91. The van der Waals surface area contributed by atoms with Crippen LogP contribution in [0.15, 0.2) is 36.9 Å². The van der Waals surface area contributed by atoms with E-state index in [1.54, 1.807) is 0 Å². The normalized spacial score (nSPS) is 12.4. The van der Waals surface area contributed by atoms with Gasteiger partial charge in [0.25, 0.3) is 0 Å². The number of aromatic nitrogens is 3. The van der Waals surface area contributed by atoms with Gasteiger partial charge in [0.05, 0.1) is 6.04 Å². The fourth-order valence-corrected chi connectivity index (χ4v) is 2.31. The Hall–Kier alpha value is -1.92. The van der Waals surface area contributed by atoms with E-state index < -0.39 is 0 Å². The molecule has 0 bridgehead atoms. The van der Waals surface area contributed by atoms with Crippen molar-refractivity contribution in [3.8, 4) is 0 Å². The average Bonchev–Trinajstić information content (AvgIpc) is 2.93. The Bertz CT molecular complexity index is 585. The summed E-state index contributed by atoms with van der Waals surface area (Å²) in [6, 6.07) is 7.66. The lowest BCUT2D eigenvalue weighted by Crippen LogP contribution is -2.36. The number of benzene rings is 1. The van der Waals surface area contributed by atoms with E-state index in [0.29, 0.717) is 11.6 Å². The predicted octanol–water partition coefficient (Wildman–Crippen LogP) is 1.35. The summed E-state index contributed by atoms with van der Waals surface area (Å²) >= 11 is 6.23. The molecule has 0 fully saturated rings. The number of amides is 1. The SMILES string of the molecule is CN(C)C(CNC(=O)Cn1cncn1)c1ccccc1Cl. The van der Waals surface area contributed by atoms with Crippen molar-refractivity contribution in [3.63, 3.8) is 0 Å². The first-order valence-electron chi connectivity index (χ1n) is 6.58. The molecule has 7 heteroatoms. The number of carbonyl (C=O) groups excluding carboxylic acids is 1. The molecule has 1 unspecified atom stereocenters. The third-order valence-corrected chi connectivity index (χ3v) is 3.50. The highest BCUT2D eigenvalue weighted by molar-refractivity contribution is 6.31. The van der Waals surface area contributed by atoms with E-state index in [1.807, 2.05) is 43.3 Å². The van der Waals surface area contributed by atoms with Gasteiger partial charge in [-0.3, -0.25) is 4.79 Å². The lowest BCUT2D eigenvalue weighted by atomic mass is 10.1. The monoisotopic (exact) mass is 307 g/mol. The molecule has 2 rings (SSSR count). The summed E-state index contributed by atoms with van der Waals surface area (Å²) in [6.45, 7) is 0.632. The number of nitrogens with one attached hydrogen (secondary N) is 1. The van der Waals surface area contributed by atoms with Gasteiger partial charge in [0.1, 0.15) is 19.2 Å². The topological polar surface area (TPSA) is 63.1 Å². The van der Waals surface area contributed by atoms with E-state index >= 15 is 0 Å². The molecule has 1 N–H and O–H groups in total. The van der Waals surface area contributed by atoms with Crippen LogP contribution in [0, 0.1) is 0 Å². The first-order valence-corrected chi connectivity index (χ1v) is 6.95. The summed E-state index contributed by atoms with van der Waals surface area (Å²) in [5.41, 5.74) is 0.991. The summed E-state index contributed by atoms with van der Waals surface area (Å²) < 4.78 is 1.48. The number of hydrogen-bond acceptors (Lipinski definition) is 4. The van der Waals surface area contributed by atoms with Crippen LogP contribution in [-0.2, 0) is 11.3 Å². The van der Waals surface area contributed by atoms with Crippen LogP contribution in [-0.4, -0.2) is 46.2 Å². The van der Waals surface area contributed by atoms with Crippen LogP contribution in [0.25, 0.3) is 0 Å². The van der Waals surface area contributed by atoms with Crippen LogP contribution in [0.1, 0.15) is 11.6 Å². The smallest absolute Gasteiger partial charge is 0.241 e. The highest BCUT2D eigenvalue weighted by atomic mass is 35.5. The quantitative estimate of drug-likeness (QED) is 0.875. The summed E-state index contributed by atoms with van der Waals surface area (Å²) in [5.74, 6) is -0.112. The van der Waals surface area contributed by atoms with Crippen molar-refractivity contribution in [2.24, 2.45) is 0 Å².